The van der Waals surface area contributed by atoms with E-state index in [0.29, 0.717) is 23.7 Å². The van der Waals surface area contributed by atoms with Crippen molar-refractivity contribution in [3.63, 3.8) is 0 Å². The van der Waals surface area contributed by atoms with Crippen LogP contribution in [0.4, 0.5) is 19.0 Å². The quantitative estimate of drug-likeness (QED) is 0.521. The summed E-state index contributed by atoms with van der Waals surface area (Å²) in [6.07, 6.45) is 2.56. The molecule has 2 aromatic heterocycles. The first-order chi connectivity index (χ1) is 15.0. The molecule has 6 rings (SSSR count). The zero-order valence-corrected chi connectivity index (χ0v) is 17.9. The van der Waals surface area contributed by atoms with Crippen molar-refractivity contribution in [3.05, 3.63) is 77.1 Å². The van der Waals surface area contributed by atoms with Crippen LogP contribution in [-0.4, -0.2) is 48.2 Å². The number of piperidine rings is 2. The van der Waals surface area contributed by atoms with Gasteiger partial charge in [-0.05, 0) is 12.1 Å². The first-order valence-corrected chi connectivity index (χ1v) is 10.1. The van der Waals surface area contributed by atoms with Gasteiger partial charge < -0.3 is 19.9 Å². The third kappa shape index (κ3) is 5.29. The zero-order chi connectivity index (χ0) is 22.0. The maximum atomic E-state index is 13.0. The molecule has 10 heteroatoms. The number of pyridine rings is 2. The smallest absolute Gasteiger partial charge is 0.233 e. The van der Waals surface area contributed by atoms with Crippen LogP contribution < -0.4 is 10.2 Å². The van der Waals surface area contributed by atoms with Gasteiger partial charge in [0.2, 0.25) is 18.0 Å². The molecule has 4 aliphatic rings. The molecular formula is C22H22ClF3N6. The molecule has 6 nitrogen and oxygen atoms in total. The second kappa shape index (κ2) is 10.2. The Bertz CT molecular complexity index is 986. The molecule has 2 unspecified atom stereocenters. The van der Waals surface area contributed by atoms with E-state index in [1.165, 1.54) is 18.3 Å². The van der Waals surface area contributed by atoms with Gasteiger partial charge in [0, 0.05) is 50.7 Å². The highest BCUT2D eigenvalue weighted by molar-refractivity contribution is 5.85. The molecule has 2 aliphatic heterocycles. The Morgan fingerprint density at radius 1 is 0.844 bits per heavy atom. The minimum absolute atomic E-state index is 0. The summed E-state index contributed by atoms with van der Waals surface area (Å²) in [4.78, 5) is 16.4. The van der Waals surface area contributed by atoms with Gasteiger partial charge in [-0.2, -0.15) is 4.39 Å². The van der Waals surface area contributed by atoms with Crippen molar-refractivity contribution in [2.24, 2.45) is 23.7 Å². The molecule has 0 radical (unpaired) electrons. The number of anilines is 1. The van der Waals surface area contributed by atoms with Crippen LogP contribution in [0.2, 0.25) is 0 Å². The zero-order valence-electron chi connectivity index (χ0n) is 17.0. The molecule has 0 spiro atoms. The molecule has 6 atom stereocenters. The van der Waals surface area contributed by atoms with E-state index < -0.39 is 11.8 Å². The second-order valence-electron chi connectivity index (χ2n) is 8.09. The maximum Gasteiger partial charge on any atom is 0.233 e. The largest absolute Gasteiger partial charge is 0.355 e. The summed E-state index contributed by atoms with van der Waals surface area (Å²) < 4.78 is 36.7. The van der Waals surface area contributed by atoms with Gasteiger partial charge in [-0.25, -0.2) is 31.9 Å². The van der Waals surface area contributed by atoms with Gasteiger partial charge >= 0.3 is 0 Å². The molecule has 168 valence electrons. The molecule has 2 aliphatic carbocycles. The van der Waals surface area contributed by atoms with Gasteiger partial charge in [0.15, 0.2) is 0 Å². The lowest BCUT2D eigenvalue weighted by Gasteiger charge is -2.18. The summed E-state index contributed by atoms with van der Waals surface area (Å²) in [6, 6.07) is 5.23. The summed E-state index contributed by atoms with van der Waals surface area (Å²) in [7, 11) is 0. The van der Waals surface area contributed by atoms with Crippen LogP contribution in [0.15, 0.2) is 36.7 Å². The monoisotopic (exact) mass is 462 g/mol. The average Bonchev–Trinajstić information content (AvgIpc) is 3.43. The normalized spacial score (nSPS) is 30.0. The van der Waals surface area contributed by atoms with E-state index in [-0.39, 0.29) is 24.3 Å². The predicted octanol–water partition coefficient (Wildman–Crippen LogP) is 3.48. The van der Waals surface area contributed by atoms with E-state index in [0.717, 1.165) is 56.3 Å². The van der Waals surface area contributed by atoms with Gasteiger partial charge in [0.25, 0.3) is 0 Å². The Kier molecular flexibility index (Phi) is 7.55. The molecule has 2 aromatic rings. The van der Waals surface area contributed by atoms with E-state index in [2.05, 4.69) is 29.9 Å². The topological polar surface area (TPSA) is 49.8 Å². The lowest BCUT2D eigenvalue weighted by atomic mass is 10.3. The maximum absolute atomic E-state index is 13.0. The number of aromatic nitrogens is 2. The summed E-state index contributed by atoms with van der Waals surface area (Å²) in [6.45, 7) is 17.6. The third-order valence-electron chi connectivity index (χ3n) is 6.21. The molecule has 4 fully saturated rings. The van der Waals surface area contributed by atoms with Crippen molar-refractivity contribution >= 4 is 18.2 Å². The summed E-state index contributed by atoms with van der Waals surface area (Å²) in [5.74, 6) is 1.51. The first kappa shape index (κ1) is 23.8. The highest BCUT2D eigenvalue weighted by atomic mass is 35.5. The summed E-state index contributed by atoms with van der Waals surface area (Å²) in [5, 5.41) is 3.24. The van der Waals surface area contributed by atoms with E-state index in [1.807, 2.05) is 0 Å². The van der Waals surface area contributed by atoms with Crippen LogP contribution in [0.1, 0.15) is 0 Å². The van der Waals surface area contributed by atoms with Crippen molar-refractivity contribution in [1.82, 2.24) is 15.3 Å². The lowest BCUT2D eigenvalue weighted by Crippen LogP contribution is -2.25. The number of nitrogens with zero attached hydrogens (tertiary/aromatic N) is 5. The highest BCUT2D eigenvalue weighted by Crippen LogP contribution is 2.48. The van der Waals surface area contributed by atoms with Crippen LogP contribution in [-0.2, 0) is 0 Å². The summed E-state index contributed by atoms with van der Waals surface area (Å²) >= 11 is 0. The molecule has 0 bridgehead atoms. The van der Waals surface area contributed by atoms with Crippen LogP contribution in [0.3, 0.4) is 0 Å². The van der Waals surface area contributed by atoms with Gasteiger partial charge in [-0.3, -0.25) is 0 Å². The Balaban J connectivity index is 0.000000145. The van der Waals surface area contributed by atoms with Crippen LogP contribution in [0, 0.1) is 54.4 Å². The molecule has 32 heavy (non-hydrogen) atoms. The number of nitrogens with one attached hydrogen (secondary N) is 1. The Hall–Kier alpha value is -2.88. The van der Waals surface area contributed by atoms with Crippen LogP contribution >= 0.6 is 12.4 Å². The molecule has 1 N–H and O–H groups in total. The number of halogens is 4. The minimum atomic E-state index is -0.787. The molecule has 0 amide bonds. The Morgan fingerprint density at radius 3 is 1.81 bits per heavy atom. The molecule has 2 saturated heterocycles. The Morgan fingerprint density at radius 2 is 1.38 bits per heavy atom. The van der Waals surface area contributed by atoms with Crippen molar-refractivity contribution in [3.8, 4) is 0 Å². The molecular weight excluding hydrogens is 441 g/mol. The third-order valence-corrected chi connectivity index (χ3v) is 6.21. The van der Waals surface area contributed by atoms with Crippen molar-refractivity contribution in [2.45, 2.75) is 12.1 Å². The van der Waals surface area contributed by atoms with Crippen LogP contribution in [0.25, 0.3) is 9.69 Å². The Labute approximate surface area is 190 Å². The number of rotatable bonds is 1. The SMILES string of the molecule is Cl.Fc1ccnc(F)c1.[C-]#[N+]C1[C@H]2CN(c3cc(F)ccn3)C[C@@H]12.[C-]#[N+]C1[C@H]2CNC[C@@H]12. The second-order valence-corrected chi connectivity index (χ2v) is 8.09. The predicted molar refractivity (Wildman–Crippen MR) is 115 cm³/mol. The van der Waals surface area contributed by atoms with Gasteiger partial charge in [0.05, 0.1) is 23.7 Å². The molecule has 2 saturated carbocycles. The number of hydrogen-bond donors (Lipinski definition) is 1. The molecule has 0 aromatic carbocycles. The average molecular weight is 463 g/mol. The van der Waals surface area contributed by atoms with Crippen molar-refractivity contribution in [2.75, 3.05) is 31.1 Å². The van der Waals surface area contributed by atoms with Crippen LogP contribution in [0.5, 0.6) is 0 Å². The minimum Gasteiger partial charge on any atom is -0.355 e. The summed E-state index contributed by atoms with van der Waals surface area (Å²) in [5.41, 5.74) is 0. The number of hydrogen-bond acceptors (Lipinski definition) is 4. The van der Waals surface area contributed by atoms with Crippen molar-refractivity contribution < 1.29 is 13.2 Å². The first-order valence-electron chi connectivity index (χ1n) is 10.1. The van der Waals surface area contributed by atoms with E-state index in [1.54, 1.807) is 0 Å². The molecule has 4 heterocycles. The lowest BCUT2D eigenvalue weighted by molar-refractivity contribution is 0.552. The standard InChI is InChI=1S/C11H10FN3.C6H8N2.C5H3F2N.ClH/c1-13-11-8-5-15(6-9(8)11)10-4-7(12)2-3-14-10;1-7-6-4-2-8-3-5(4)6;6-4-1-2-8-5(7)3-4;/h2-4,8-9,11H,5-6H2;4-6,8H,2-3H2;1-3H;1H/t8-,9+,11?;4-,5+,6?;;. The van der Waals surface area contributed by atoms with Gasteiger partial charge in [-0.15, -0.1) is 12.4 Å². The van der Waals surface area contributed by atoms with Gasteiger partial charge in [-0.1, -0.05) is 0 Å². The fourth-order valence-electron chi connectivity index (χ4n) is 4.40. The number of fused-ring (bicyclic) bond motifs is 2. The van der Waals surface area contributed by atoms with Gasteiger partial charge in [0.1, 0.15) is 17.5 Å². The van der Waals surface area contributed by atoms with Crippen molar-refractivity contribution in [1.29, 1.82) is 0 Å². The fourth-order valence-corrected chi connectivity index (χ4v) is 4.40. The highest BCUT2D eigenvalue weighted by Gasteiger charge is 2.62. The fraction of sp³-hybridized carbons (Fsp3) is 0.455. The van der Waals surface area contributed by atoms with E-state index in [9.17, 15) is 13.2 Å². The van der Waals surface area contributed by atoms with E-state index >= 15 is 0 Å². The van der Waals surface area contributed by atoms with E-state index in [4.69, 9.17) is 13.1 Å².